The average Bonchev–Trinajstić information content (AvgIpc) is 2.45. The Morgan fingerprint density at radius 2 is 2.00 bits per heavy atom. The molecule has 0 fully saturated rings. The van der Waals surface area contributed by atoms with Crippen LogP contribution in [0.15, 0.2) is 40.0 Å². The fraction of sp³-hybridized carbons (Fsp3) is 0.444. The van der Waals surface area contributed by atoms with Crippen LogP contribution >= 0.6 is 15.9 Å². The summed E-state index contributed by atoms with van der Waals surface area (Å²) in [5.74, 6) is -0.424. The third-order valence-corrected chi connectivity index (χ3v) is 4.67. The number of hydrogen-bond donors (Lipinski definition) is 2. The van der Waals surface area contributed by atoms with Crippen molar-refractivity contribution in [3.8, 4) is 0 Å². The Balaban J connectivity index is 2.37. The molecular weight excluding hydrogens is 372 g/mol. The molecule has 0 radical (unpaired) electrons. The summed E-state index contributed by atoms with van der Waals surface area (Å²) in [7, 11) is 0. The van der Waals surface area contributed by atoms with E-state index < -0.39 is 12.0 Å². The molecule has 2 rings (SSSR count). The van der Waals surface area contributed by atoms with E-state index in [1.54, 1.807) is 6.92 Å². The van der Waals surface area contributed by atoms with E-state index in [2.05, 4.69) is 26.6 Å². The highest BCUT2D eigenvalue weighted by Crippen LogP contribution is 2.31. The van der Waals surface area contributed by atoms with Crippen molar-refractivity contribution in [1.82, 2.24) is 10.6 Å². The number of carbonyl (C=O) groups excluding carboxylic acids is 2. The summed E-state index contributed by atoms with van der Waals surface area (Å²) >= 11 is 3.42. The largest absolute Gasteiger partial charge is 0.459 e. The highest BCUT2D eigenvalue weighted by atomic mass is 79.9. The van der Waals surface area contributed by atoms with Crippen LogP contribution in [-0.4, -0.2) is 18.1 Å². The lowest BCUT2D eigenvalue weighted by atomic mass is 9.90. The van der Waals surface area contributed by atoms with Gasteiger partial charge in [0.05, 0.1) is 11.6 Å². The summed E-state index contributed by atoms with van der Waals surface area (Å²) in [6.45, 7) is 9.62. The minimum Gasteiger partial charge on any atom is -0.459 e. The number of benzene rings is 1. The number of allylic oxidation sites excluding steroid dienone is 1. The summed E-state index contributed by atoms with van der Waals surface area (Å²) < 4.78 is 6.52. The minimum atomic E-state index is -0.545. The monoisotopic (exact) mass is 394 g/mol. The summed E-state index contributed by atoms with van der Waals surface area (Å²) in [4.78, 5) is 24.6. The molecule has 0 aliphatic carbocycles. The van der Waals surface area contributed by atoms with Crippen LogP contribution in [0, 0.1) is 5.41 Å². The molecule has 130 valence electrons. The lowest BCUT2D eigenvalue weighted by molar-refractivity contribution is -0.149. The molecule has 2 amide bonds. The van der Waals surface area contributed by atoms with Gasteiger partial charge in [0, 0.05) is 10.2 Å². The van der Waals surface area contributed by atoms with Crippen LogP contribution in [0.2, 0.25) is 0 Å². The Hall–Kier alpha value is -1.82. The van der Waals surface area contributed by atoms with Crippen molar-refractivity contribution in [3.63, 3.8) is 0 Å². The van der Waals surface area contributed by atoms with E-state index in [1.165, 1.54) is 0 Å². The second-order valence-electron chi connectivity index (χ2n) is 7.04. The lowest BCUT2D eigenvalue weighted by Crippen LogP contribution is -2.46. The summed E-state index contributed by atoms with van der Waals surface area (Å²) in [6.07, 6.45) is -0.258. The molecule has 0 saturated heterocycles. The number of amides is 2. The molecule has 0 bridgehead atoms. The smallest absolute Gasteiger partial charge is 0.338 e. The maximum Gasteiger partial charge on any atom is 0.338 e. The van der Waals surface area contributed by atoms with E-state index in [9.17, 15) is 9.59 Å². The van der Waals surface area contributed by atoms with Crippen molar-refractivity contribution in [2.75, 3.05) is 0 Å². The van der Waals surface area contributed by atoms with Gasteiger partial charge in [0.2, 0.25) is 0 Å². The van der Waals surface area contributed by atoms with Crippen molar-refractivity contribution in [2.45, 2.75) is 46.8 Å². The molecule has 2 N–H and O–H groups in total. The number of esters is 1. The SMILES string of the molecule is CC1=C(C(=O)O[C@H](C)C(C)(C)C)[C@@H](c2cccc(Br)c2)NC(=O)N1. The number of urea groups is 1. The standard InChI is InChI=1S/C18H23BrN2O3/c1-10-14(16(22)24-11(2)18(3,4)5)15(21-17(23)20-10)12-7-6-8-13(19)9-12/h6-9,11,15H,1-5H3,(H2,20,21,23)/t11-,15-/m1/s1. The molecule has 0 unspecified atom stereocenters. The van der Waals surface area contributed by atoms with Crippen molar-refractivity contribution >= 4 is 27.9 Å². The number of rotatable bonds is 3. The van der Waals surface area contributed by atoms with Crippen molar-refractivity contribution in [2.24, 2.45) is 5.41 Å². The molecule has 1 aromatic carbocycles. The van der Waals surface area contributed by atoms with E-state index in [1.807, 2.05) is 52.0 Å². The maximum atomic E-state index is 12.8. The van der Waals surface area contributed by atoms with E-state index in [4.69, 9.17) is 4.74 Å². The van der Waals surface area contributed by atoms with Gasteiger partial charge in [-0.05, 0) is 37.0 Å². The molecular formula is C18H23BrN2O3. The van der Waals surface area contributed by atoms with Gasteiger partial charge in [-0.3, -0.25) is 0 Å². The predicted molar refractivity (Wildman–Crippen MR) is 96.3 cm³/mol. The molecule has 2 atom stereocenters. The lowest BCUT2D eigenvalue weighted by Gasteiger charge is -2.31. The highest BCUT2D eigenvalue weighted by Gasteiger charge is 2.34. The molecule has 1 aromatic rings. The molecule has 0 saturated carbocycles. The van der Waals surface area contributed by atoms with E-state index in [0.717, 1.165) is 10.0 Å². The number of hydrogen-bond acceptors (Lipinski definition) is 3. The zero-order chi connectivity index (χ0) is 18.1. The fourth-order valence-electron chi connectivity index (χ4n) is 2.30. The Morgan fingerprint density at radius 3 is 2.58 bits per heavy atom. The predicted octanol–water partition coefficient (Wildman–Crippen LogP) is 4.05. The van der Waals surface area contributed by atoms with Gasteiger partial charge in [-0.2, -0.15) is 0 Å². The summed E-state index contributed by atoms with van der Waals surface area (Å²) in [6, 6.07) is 6.62. The molecule has 1 heterocycles. The van der Waals surface area contributed by atoms with Crippen molar-refractivity contribution < 1.29 is 14.3 Å². The highest BCUT2D eigenvalue weighted by molar-refractivity contribution is 9.10. The van der Waals surface area contributed by atoms with Crippen molar-refractivity contribution in [3.05, 3.63) is 45.6 Å². The first-order chi connectivity index (χ1) is 11.1. The fourth-order valence-corrected chi connectivity index (χ4v) is 2.72. The third kappa shape index (κ3) is 4.17. The Kier molecular flexibility index (Phi) is 5.38. The van der Waals surface area contributed by atoms with Gasteiger partial charge in [-0.15, -0.1) is 0 Å². The maximum absolute atomic E-state index is 12.8. The van der Waals surface area contributed by atoms with Crippen LogP contribution in [0.5, 0.6) is 0 Å². The Labute approximate surface area is 151 Å². The first kappa shape index (κ1) is 18.5. The summed E-state index contributed by atoms with van der Waals surface area (Å²) in [5.41, 5.74) is 1.58. The van der Waals surface area contributed by atoms with Gasteiger partial charge < -0.3 is 15.4 Å². The van der Waals surface area contributed by atoms with Gasteiger partial charge in [0.15, 0.2) is 0 Å². The molecule has 1 aliphatic heterocycles. The third-order valence-electron chi connectivity index (χ3n) is 4.17. The van der Waals surface area contributed by atoms with E-state index in [-0.39, 0.29) is 17.6 Å². The molecule has 0 spiro atoms. The average molecular weight is 395 g/mol. The molecule has 5 nitrogen and oxygen atoms in total. The number of nitrogens with one attached hydrogen (secondary N) is 2. The normalized spacial score (nSPS) is 19.4. The molecule has 1 aliphatic rings. The second kappa shape index (κ2) is 6.97. The first-order valence-electron chi connectivity index (χ1n) is 7.84. The Bertz CT molecular complexity index is 692. The minimum absolute atomic E-state index is 0.166. The van der Waals surface area contributed by atoms with Crippen LogP contribution < -0.4 is 10.6 Å². The quantitative estimate of drug-likeness (QED) is 0.759. The summed E-state index contributed by atoms with van der Waals surface area (Å²) in [5, 5.41) is 5.46. The molecule has 24 heavy (non-hydrogen) atoms. The number of halogens is 1. The van der Waals surface area contributed by atoms with Crippen LogP contribution in [0.4, 0.5) is 4.79 Å². The van der Waals surface area contributed by atoms with Crippen molar-refractivity contribution in [1.29, 1.82) is 0 Å². The molecule has 0 aromatic heterocycles. The van der Waals surface area contributed by atoms with E-state index >= 15 is 0 Å². The van der Waals surface area contributed by atoms with Crippen LogP contribution in [0.3, 0.4) is 0 Å². The van der Waals surface area contributed by atoms with E-state index in [0.29, 0.717) is 11.3 Å². The van der Waals surface area contributed by atoms with Crippen LogP contribution in [0.1, 0.15) is 46.2 Å². The topological polar surface area (TPSA) is 67.4 Å². The number of ether oxygens (including phenoxy) is 1. The first-order valence-corrected chi connectivity index (χ1v) is 8.63. The van der Waals surface area contributed by atoms with Gasteiger partial charge in [0.25, 0.3) is 0 Å². The van der Waals surface area contributed by atoms with Gasteiger partial charge in [-0.25, -0.2) is 9.59 Å². The van der Waals surface area contributed by atoms with Gasteiger partial charge in [0.1, 0.15) is 6.10 Å². The second-order valence-corrected chi connectivity index (χ2v) is 7.95. The Morgan fingerprint density at radius 1 is 1.33 bits per heavy atom. The zero-order valence-electron chi connectivity index (χ0n) is 14.6. The van der Waals surface area contributed by atoms with Gasteiger partial charge in [-0.1, -0.05) is 48.8 Å². The van der Waals surface area contributed by atoms with Crippen LogP contribution in [-0.2, 0) is 9.53 Å². The zero-order valence-corrected chi connectivity index (χ0v) is 16.2. The van der Waals surface area contributed by atoms with Gasteiger partial charge >= 0.3 is 12.0 Å². The number of carbonyl (C=O) groups is 2. The van der Waals surface area contributed by atoms with Crippen LogP contribution in [0.25, 0.3) is 0 Å². The molecule has 6 heteroatoms.